The summed E-state index contributed by atoms with van der Waals surface area (Å²) in [6, 6.07) is 73.9. The molecule has 0 amide bonds. The molecule has 0 spiro atoms. The van der Waals surface area contributed by atoms with E-state index in [1.165, 1.54) is 53.8 Å². The summed E-state index contributed by atoms with van der Waals surface area (Å²) in [6.45, 7) is 0. The van der Waals surface area contributed by atoms with Gasteiger partial charge in [0.15, 0.2) is 5.82 Å². The summed E-state index contributed by atoms with van der Waals surface area (Å²) in [6.07, 6.45) is 0. The first-order chi connectivity index (χ1) is 29.2. The first kappa shape index (κ1) is 33.6. The van der Waals surface area contributed by atoms with Gasteiger partial charge in [-0.3, -0.25) is 0 Å². The lowest BCUT2D eigenvalue weighted by molar-refractivity contribution is 1.16. The molecule has 0 fully saturated rings. The molecule has 3 heterocycles. The van der Waals surface area contributed by atoms with E-state index in [2.05, 4.69) is 204 Å². The van der Waals surface area contributed by atoms with Crippen molar-refractivity contribution >= 4 is 72.3 Å². The van der Waals surface area contributed by atoms with Crippen molar-refractivity contribution in [3.05, 3.63) is 206 Å². The van der Waals surface area contributed by atoms with Crippen molar-refractivity contribution in [1.82, 2.24) is 14.5 Å². The third-order valence-electron chi connectivity index (χ3n) is 11.5. The summed E-state index contributed by atoms with van der Waals surface area (Å²) >= 11 is 1.84. The van der Waals surface area contributed by atoms with Gasteiger partial charge in [0.1, 0.15) is 0 Å². The Bertz CT molecular complexity index is 3430. The van der Waals surface area contributed by atoms with Gasteiger partial charge < -0.3 is 9.47 Å². The van der Waals surface area contributed by atoms with Gasteiger partial charge in [0.05, 0.1) is 33.6 Å². The number of para-hydroxylation sites is 3. The minimum atomic E-state index is 0.703. The molecular weight excluding hydrogens is 737 g/mol. The van der Waals surface area contributed by atoms with Crippen LogP contribution in [0.4, 0.5) is 17.1 Å². The van der Waals surface area contributed by atoms with E-state index in [1.54, 1.807) is 0 Å². The Balaban J connectivity index is 1.04. The number of benzene rings is 9. The minimum Gasteiger partial charge on any atom is -0.309 e. The standard InChI is InChI=1S/C54H34N4S/c1-3-15-36(16-4-1)53-43-22-9-10-23-45(43)55-54(56-53)39-17-13-20-41(32-39)58-48-31-27-35-14-7-8-21-42(35)52(48)44-29-26-37(33-49(44)58)38-28-30-47-51(34-38)59-50-25-12-11-24-46(50)57(47)40-18-5-2-6-19-40/h1-34H. The summed E-state index contributed by atoms with van der Waals surface area (Å²) in [5, 5.41) is 5.98. The summed E-state index contributed by atoms with van der Waals surface area (Å²) < 4.78 is 2.42. The lowest BCUT2D eigenvalue weighted by atomic mass is 10.0. The van der Waals surface area contributed by atoms with Gasteiger partial charge in [-0.05, 0) is 88.6 Å². The lowest BCUT2D eigenvalue weighted by Crippen LogP contribution is -2.14. The van der Waals surface area contributed by atoms with Gasteiger partial charge >= 0.3 is 0 Å². The Morgan fingerprint density at radius 3 is 1.98 bits per heavy atom. The molecular formula is C54H34N4S. The molecule has 2 aromatic heterocycles. The van der Waals surface area contributed by atoms with E-state index < -0.39 is 0 Å². The highest BCUT2D eigenvalue weighted by molar-refractivity contribution is 7.99. The molecule has 0 N–H and O–H groups in total. The third kappa shape index (κ3) is 5.54. The van der Waals surface area contributed by atoms with E-state index in [9.17, 15) is 0 Å². The van der Waals surface area contributed by atoms with Crippen molar-refractivity contribution in [1.29, 1.82) is 0 Å². The van der Waals surface area contributed by atoms with Crippen molar-refractivity contribution < 1.29 is 0 Å². The number of anilines is 3. The number of rotatable bonds is 5. The molecule has 0 aliphatic carbocycles. The van der Waals surface area contributed by atoms with Crippen molar-refractivity contribution in [3.63, 3.8) is 0 Å². The Kier molecular flexibility index (Phi) is 7.75. The third-order valence-corrected chi connectivity index (χ3v) is 12.7. The minimum absolute atomic E-state index is 0.703. The average molecular weight is 771 g/mol. The van der Waals surface area contributed by atoms with Crippen LogP contribution in [0.2, 0.25) is 0 Å². The summed E-state index contributed by atoms with van der Waals surface area (Å²) in [7, 11) is 0. The number of hydrogen-bond donors (Lipinski definition) is 0. The maximum absolute atomic E-state index is 5.23. The Hall–Kier alpha value is -7.47. The molecule has 0 unspecified atom stereocenters. The molecule has 59 heavy (non-hydrogen) atoms. The van der Waals surface area contributed by atoms with Crippen molar-refractivity contribution in [2.75, 3.05) is 4.90 Å². The van der Waals surface area contributed by atoms with Crippen LogP contribution in [0, 0.1) is 0 Å². The van der Waals surface area contributed by atoms with Crippen molar-refractivity contribution in [2.24, 2.45) is 0 Å². The molecule has 0 radical (unpaired) electrons. The van der Waals surface area contributed by atoms with E-state index in [4.69, 9.17) is 9.97 Å². The van der Waals surface area contributed by atoms with Gasteiger partial charge in [-0.15, -0.1) is 0 Å². The normalized spacial score (nSPS) is 12.3. The molecule has 11 aromatic rings. The van der Waals surface area contributed by atoms with Crippen LogP contribution in [0.5, 0.6) is 0 Å². The van der Waals surface area contributed by atoms with Crippen LogP contribution in [0.1, 0.15) is 0 Å². The molecule has 0 saturated carbocycles. The fourth-order valence-electron chi connectivity index (χ4n) is 8.84. The van der Waals surface area contributed by atoms with Crippen molar-refractivity contribution in [2.45, 2.75) is 9.79 Å². The van der Waals surface area contributed by atoms with Gasteiger partial charge in [-0.1, -0.05) is 151 Å². The van der Waals surface area contributed by atoms with Gasteiger partial charge in [0, 0.05) is 48.5 Å². The molecule has 276 valence electrons. The molecule has 4 nitrogen and oxygen atoms in total. The second-order valence-corrected chi connectivity index (χ2v) is 16.1. The van der Waals surface area contributed by atoms with Crippen molar-refractivity contribution in [3.8, 4) is 39.5 Å². The first-order valence-corrected chi connectivity index (χ1v) is 20.7. The summed E-state index contributed by atoms with van der Waals surface area (Å²) in [5.74, 6) is 0.703. The van der Waals surface area contributed by atoms with E-state index in [0.29, 0.717) is 5.82 Å². The Morgan fingerprint density at radius 1 is 0.390 bits per heavy atom. The largest absolute Gasteiger partial charge is 0.309 e. The van der Waals surface area contributed by atoms with Crippen LogP contribution in [0.25, 0.3) is 82.9 Å². The van der Waals surface area contributed by atoms with Gasteiger partial charge in [0.2, 0.25) is 0 Å². The molecule has 9 aromatic carbocycles. The van der Waals surface area contributed by atoms with Gasteiger partial charge in [-0.25, -0.2) is 9.97 Å². The first-order valence-electron chi connectivity index (χ1n) is 19.9. The quantitative estimate of drug-likeness (QED) is 0.175. The number of hydrogen-bond acceptors (Lipinski definition) is 4. The number of aromatic nitrogens is 3. The molecule has 0 saturated heterocycles. The lowest BCUT2D eigenvalue weighted by Gasteiger charge is -2.33. The number of fused-ring (bicyclic) bond motifs is 8. The summed E-state index contributed by atoms with van der Waals surface area (Å²) in [4.78, 5) is 15.2. The fraction of sp³-hybridized carbons (Fsp3) is 0. The van der Waals surface area contributed by atoms with Crippen LogP contribution < -0.4 is 4.90 Å². The van der Waals surface area contributed by atoms with Crippen LogP contribution >= 0.6 is 11.8 Å². The molecule has 0 atom stereocenters. The molecule has 1 aliphatic rings. The highest BCUT2D eigenvalue weighted by atomic mass is 32.2. The van der Waals surface area contributed by atoms with E-state index in [-0.39, 0.29) is 0 Å². The Morgan fingerprint density at radius 2 is 1.08 bits per heavy atom. The topological polar surface area (TPSA) is 34.0 Å². The van der Waals surface area contributed by atoms with Gasteiger partial charge in [0.25, 0.3) is 0 Å². The predicted molar refractivity (Wildman–Crippen MR) is 246 cm³/mol. The predicted octanol–water partition coefficient (Wildman–Crippen LogP) is 14.8. The van der Waals surface area contributed by atoms with E-state index in [1.807, 2.05) is 23.9 Å². The maximum atomic E-state index is 5.23. The molecule has 0 bridgehead atoms. The second-order valence-electron chi connectivity index (χ2n) is 15.0. The second kappa shape index (κ2) is 13.6. The molecule has 12 rings (SSSR count). The maximum Gasteiger partial charge on any atom is 0.160 e. The Labute approximate surface area is 345 Å². The highest BCUT2D eigenvalue weighted by Crippen LogP contribution is 2.52. The van der Waals surface area contributed by atoms with Crippen LogP contribution in [0.15, 0.2) is 216 Å². The van der Waals surface area contributed by atoms with Crippen LogP contribution in [-0.2, 0) is 0 Å². The SMILES string of the molecule is c1ccc(-c2nc(-c3cccc(-n4c5cc(-c6ccc7c(c6)Sc6ccccc6N7c6ccccc6)ccc5c5c6ccccc6ccc54)c3)nc3ccccc23)cc1. The van der Waals surface area contributed by atoms with E-state index in [0.717, 1.165) is 50.1 Å². The van der Waals surface area contributed by atoms with E-state index >= 15 is 0 Å². The zero-order valence-corrected chi connectivity index (χ0v) is 32.6. The zero-order chi connectivity index (χ0) is 38.9. The average Bonchev–Trinajstić information content (AvgIpc) is 3.65. The zero-order valence-electron chi connectivity index (χ0n) is 31.8. The highest BCUT2D eigenvalue weighted by Gasteiger charge is 2.25. The molecule has 1 aliphatic heterocycles. The van der Waals surface area contributed by atoms with Crippen LogP contribution in [-0.4, -0.2) is 14.5 Å². The number of nitrogens with zero attached hydrogens (tertiary/aromatic N) is 4. The fourth-order valence-corrected chi connectivity index (χ4v) is 9.94. The van der Waals surface area contributed by atoms with Crippen LogP contribution in [0.3, 0.4) is 0 Å². The summed E-state index contributed by atoms with van der Waals surface area (Å²) in [5.41, 5.74) is 13.2. The smallest absolute Gasteiger partial charge is 0.160 e. The van der Waals surface area contributed by atoms with Gasteiger partial charge in [-0.2, -0.15) is 0 Å². The molecule has 5 heteroatoms. The monoisotopic (exact) mass is 770 g/mol.